The lowest BCUT2D eigenvalue weighted by molar-refractivity contribution is 0.181. The lowest BCUT2D eigenvalue weighted by atomic mass is 9.98. The highest BCUT2D eigenvalue weighted by atomic mass is 79.9. The second-order valence-electron chi connectivity index (χ2n) is 4.56. The molecule has 0 saturated carbocycles. The molecule has 6 heteroatoms. The monoisotopic (exact) mass is 318 g/mol. The van der Waals surface area contributed by atoms with Crippen LogP contribution < -0.4 is 11.3 Å². The Labute approximate surface area is 117 Å². The van der Waals surface area contributed by atoms with Crippen molar-refractivity contribution in [3.63, 3.8) is 0 Å². The summed E-state index contributed by atoms with van der Waals surface area (Å²) in [6.45, 7) is 5.79. The van der Waals surface area contributed by atoms with Gasteiger partial charge in [-0.05, 0) is 28.3 Å². The normalized spacial score (nSPS) is 14.7. The Morgan fingerprint density at radius 1 is 1.61 bits per heavy atom. The van der Waals surface area contributed by atoms with Crippen LogP contribution in [0.3, 0.4) is 0 Å². The van der Waals surface area contributed by atoms with Crippen molar-refractivity contribution in [2.45, 2.75) is 39.3 Å². The summed E-state index contributed by atoms with van der Waals surface area (Å²) in [6.07, 6.45) is 3.94. The van der Waals surface area contributed by atoms with Crippen LogP contribution in [0, 0.1) is 5.92 Å². The third-order valence-corrected chi connectivity index (χ3v) is 3.82. The summed E-state index contributed by atoms with van der Waals surface area (Å²) in [5.74, 6) is 6.30. The summed E-state index contributed by atoms with van der Waals surface area (Å²) in [5.41, 5.74) is 3.99. The van der Waals surface area contributed by atoms with Crippen LogP contribution in [-0.4, -0.2) is 23.5 Å². The fourth-order valence-electron chi connectivity index (χ4n) is 1.90. The van der Waals surface area contributed by atoms with Crippen molar-refractivity contribution in [2.24, 2.45) is 11.8 Å². The molecule has 1 aromatic heterocycles. The first-order chi connectivity index (χ1) is 8.63. The molecule has 1 aromatic rings. The van der Waals surface area contributed by atoms with Gasteiger partial charge < -0.3 is 4.74 Å². The summed E-state index contributed by atoms with van der Waals surface area (Å²) < 4.78 is 8.03. The second kappa shape index (κ2) is 7.89. The van der Waals surface area contributed by atoms with E-state index in [-0.39, 0.29) is 6.04 Å². The van der Waals surface area contributed by atoms with E-state index in [1.165, 1.54) is 0 Å². The van der Waals surface area contributed by atoms with Gasteiger partial charge in [0.05, 0.1) is 35.6 Å². The zero-order valence-electron chi connectivity index (χ0n) is 11.3. The summed E-state index contributed by atoms with van der Waals surface area (Å²) in [5, 5.41) is 4.35. The van der Waals surface area contributed by atoms with E-state index in [9.17, 15) is 0 Å². The van der Waals surface area contributed by atoms with Crippen molar-refractivity contribution < 1.29 is 4.74 Å². The average molecular weight is 319 g/mol. The Morgan fingerprint density at radius 2 is 2.33 bits per heavy atom. The van der Waals surface area contributed by atoms with Gasteiger partial charge in [-0.3, -0.25) is 16.0 Å². The zero-order valence-corrected chi connectivity index (χ0v) is 12.9. The molecule has 0 fully saturated rings. The van der Waals surface area contributed by atoms with E-state index in [0.717, 1.165) is 29.6 Å². The number of aromatic nitrogens is 2. The number of hydrogen-bond donors (Lipinski definition) is 2. The number of hydrogen-bond acceptors (Lipinski definition) is 4. The summed E-state index contributed by atoms with van der Waals surface area (Å²) in [6, 6.07) is 0.105. The van der Waals surface area contributed by atoms with E-state index in [4.69, 9.17) is 10.6 Å². The van der Waals surface area contributed by atoms with Gasteiger partial charge in [0.25, 0.3) is 0 Å². The van der Waals surface area contributed by atoms with E-state index >= 15 is 0 Å². The maximum Gasteiger partial charge on any atom is 0.0710 e. The quantitative estimate of drug-likeness (QED) is 0.570. The van der Waals surface area contributed by atoms with E-state index in [0.29, 0.717) is 12.5 Å². The van der Waals surface area contributed by atoms with E-state index in [1.807, 2.05) is 10.9 Å². The molecule has 0 bridgehead atoms. The SMILES string of the molecule is CCC(C)CC(NN)c1c(Br)cnn1CCOC. The highest BCUT2D eigenvalue weighted by Crippen LogP contribution is 2.28. The maximum atomic E-state index is 5.69. The lowest BCUT2D eigenvalue weighted by Gasteiger charge is -2.21. The molecule has 0 amide bonds. The van der Waals surface area contributed by atoms with Crippen LogP contribution in [0.25, 0.3) is 0 Å². The minimum absolute atomic E-state index is 0.105. The molecule has 3 N–H and O–H groups in total. The number of nitrogens with zero attached hydrogens (tertiary/aromatic N) is 2. The second-order valence-corrected chi connectivity index (χ2v) is 5.42. The molecule has 104 valence electrons. The molecule has 2 unspecified atom stereocenters. The van der Waals surface area contributed by atoms with Gasteiger partial charge in [0, 0.05) is 7.11 Å². The van der Waals surface area contributed by atoms with Crippen LogP contribution in [0.5, 0.6) is 0 Å². The number of nitrogens with two attached hydrogens (primary N) is 1. The molecule has 5 nitrogen and oxygen atoms in total. The molecule has 0 aliphatic heterocycles. The van der Waals surface area contributed by atoms with Gasteiger partial charge in [0.2, 0.25) is 0 Å². The molecule has 0 aliphatic rings. The molecular formula is C12H23BrN4O. The van der Waals surface area contributed by atoms with Crippen molar-refractivity contribution in [3.8, 4) is 0 Å². The van der Waals surface area contributed by atoms with Gasteiger partial charge >= 0.3 is 0 Å². The Hall–Kier alpha value is -0.430. The predicted octanol–water partition coefficient (Wildman–Crippen LogP) is 2.23. The van der Waals surface area contributed by atoms with Crippen molar-refractivity contribution in [1.29, 1.82) is 0 Å². The van der Waals surface area contributed by atoms with Crippen LogP contribution in [0.15, 0.2) is 10.7 Å². The first-order valence-corrected chi connectivity index (χ1v) is 7.09. The largest absolute Gasteiger partial charge is 0.383 e. The molecule has 0 spiro atoms. The van der Waals surface area contributed by atoms with Gasteiger partial charge in [-0.2, -0.15) is 5.10 Å². The van der Waals surface area contributed by atoms with Gasteiger partial charge in [-0.1, -0.05) is 20.3 Å². The van der Waals surface area contributed by atoms with E-state index in [2.05, 4.69) is 40.3 Å². The van der Waals surface area contributed by atoms with Crippen LogP contribution in [0.4, 0.5) is 0 Å². The molecule has 18 heavy (non-hydrogen) atoms. The zero-order chi connectivity index (χ0) is 13.5. The first-order valence-electron chi connectivity index (χ1n) is 6.30. The lowest BCUT2D eigenvalue weighted by Crippen LogP contribution is -2.31. The van der Waals surface area contributed by atoms with Gasteiger partial charge in [0.15, 0.2) is 0 Å². The van der Waals surface area contributed by atoms with E-state index in [1.54, 1.807) is 7.11 Å². The summed E-state index contributed by atoms with van der Waals surface area (Å²) in [7, 11) is 1.69. The van der Waals surface area contributed by atoms with Gasteiger partial charge in [-0.25, -0.2) is 0 Å². The third-order valence-electron chi connectivity index (χ3n) is 3.21. The van der Waals surface area contributed by atoms with Crippen molar-refractivity contribution in [1.82, 2.24) is 15.2 Å². The van der Waals surface area contributed by atoms with Crippen LogP contribution in [0.1, 0.15) is 38.4 Å². The van der Waals surface area contributed by atoms with Crippen LogP contribution in [0.2, 0.25) is 0 Å². The molecule has 1 rings (SSSR count). The van der Waals surface area contributed by atoms with Crippen molar-refractivity contribution in [2.75, 3.05) is 13.7 Å². The number of methoxy groups -OCH3 is 1. The predicted molar refractivity (Wildman–Crippen MR) is 75.9 cm³/mol. The topological polar surface area (TPSA) is 65.1 Å². The molecule has 0 aromatic carbocycles. The number of rotatable bonds is 8. The Kier molecular flexibility index (Phi) is 6.85. The summed E-state index contributed by atoms with van der Waals surface area (Å²) >= 11 is 3.54. The number of halogens is 1. The average Bonchev–Trinajstić information content (AvgIpc) is 2.74. The van der Waals surface area contributed by atoms with E-state index < -0.39 is 0 Å². The molecule has 0 saturated heterocycles. The minimum atomic E-state index is 0.105. The van der Waals surface area contributed by atoms with Crippen molar-refractivity contribution in [3.05, 3.63) is 16.4 Å². The maximum absolute atomic E-state index is 5.69. The number of ether oxygens (including phenoxy) is 1. The number of nitrogens with one attached hydrogen (secondary N) is 1. The van der Waals surface area contributed by atoms with Gasteiger partial charge in [0.1, 0.15) is 0 Å². The Morgan fingerprint density at radius 3 is 2.89 bits per heavy atom. The molecular weight excluding hydrogens is 296 g/mol. The number of hydrazine groups is 1. The molecule has 2 atom stereocenters. The van der Waals surface area contributed by atoms with Crippen molar-refractivity contribution >= 4 is 15.9 Å². The summed E-state index contributed by atoms with van der Waals surface area (Å²) in [4.78, 5) is 0. The third kappa shape index (κ3) is 4.05. The van der Waals surface area contributed by atoms with Crippen LogP contribution >= 0.6 is 15.9 Å². The smallest absolute Gasteiger partial charge is 0.0710 e. The molecule has 0 aliphatic carbocycles. The first kappa shape index (κ1) is 15.6. The fourth-order valence-corrected chi connectivity index (χ4v) is 2.47. The highest BCUT2D eigenvalue weighted by molar-refractivity contribution is 9.10. The molecule has 1 heterocycles. The fraction of sp³-hybridized carbons (Fsp3) is 0.750. The standard InChI is InChI=1S/C12H23BrN4O/c1-4-9(2)7-11(16-14)12-10(13)8-15-17(12)5-6-18-3/h8-9,11,16H,4-7,14H2,1-3H3. The molecule has 0 radical (unpaired) electrons. The highest BCUT2D eigenvalue weighted by Gasteiger charge is 2.20. The van der Waals surface area contributed by atoms with Gasteiger partial charge in [-0.15, -0.1) is 0 Å². The van der Waals surface area contributed by atoms with Crippen LogP contribution in [-0.2, 0) is 11.3 Å². The Bertz CT molecular complexity index is 356. The minimum Gasteiger partial charge on any atom is -0.383 e. The Balaban J connectivity index is 2.86.